The van der Waals surface area contributed by atoms with Crippen molar-refractivity contribution >= 4 is 35.8 Å². The normalized spacial score (nSPS) is 12.8. The number of rotatable bonds is 56. The third-order valence-electron chi connectivity index (χ3n) is 13.8. The van der Waals surface area contributed by atoms with Crippen molar-refractivity contribution in [2.75, 3.05) is 13.2 Å². The molecule has 4 unspecified atom stereocenters. The lowest BCUT2D eigenvalue weighted by Crippen LogP contribution is -2.30. The molecule has 76 heavy (non-hydrogen) atoms. The monoisotopic (exact) mass is 1070 g/mol. The smallest absolute Gasteiger partial charge is 0.330 e. The molecule has 0 radical (unpaired) electrons. The fourth-order valence-electron chi connectivity index (χ4n) is 9.15. The number of hydrogen-bond acceptors (Lipinski definition) is 12. The Hall–Kier alpha value is -4.22. The van der Waals surface area contributed by atoms with Crippen LogP contribution in [0.2, 0.25) is 0 Å². The van der Waals surface area contributed by atoms with Gasteiger partial charge < -0.3 is 28.4 Å². The van der Waals surface area contributed by atoms with E-state index in [-0.39, 0.29) is 62.7 Å². The van der Waals surface area contributed by atoms with Gasteiger partial charge in [-0.25, -0.2) is 14.4 Å². The molecule has 0 rings (SSSR count). The van der Waals surface area contributed by atoms with Crippen LogP contribution < -0.4 is 0 Å². The van der Waals surface area contributed by atoms with Crippen LogP contribution in [0.5, 0.6) is 0 Å². The van der Waals surface area contributed by atoms with E-state index in [2.05, 4.69) is 52.7 Å². The van der Waals surface area contributed by atoms with Gasteiger partial charge in [-0.15, -0.1) is 0 Å². The van der Waals surface area contributed by atoms with Crippen molar-refractivity contribution in [1.29, 1.82) is 0 Å². The Morgan fingerprint density at radius 1 is 0.316 bits per heavy atom. The third kappa shape index (κ3) is 48.2. The summed E-state index contributed by atoms with van der Waals surface area (Å²) in [4.78, 5) is 74.5. The highest BCUT2D eigenvalue weighted by Gasteiger charge is 2.21. The molecule has 12 nitrogen and oxygen atoms in total. The highest BCUT2D eigenvalue weighted by molar-refractivity contribution is 5.82. The van der Waals surface area contributed by atoms with Crippen LogP contribution in [0.15, 0.2) is 50.1 Å². The second kappa shape index (κ2) is 54.1. The number of esters is 6. The van der Waals surface area contributed by atoms with Crippen LogP contribution in [0.1, 0.15) is 284 Å². The molecule has 0 aliphatic rings. The topological polar surface area (TPSA) is 158 Å². The summed E-state index contributed by atoms with van der Waals surface area (Å²) in [7, 11) is 0. The predicted molar refractivity (Wildman–Crippen MR) is 307 cm³/mol. The van der Waals surface area contributed by atoms with Gasteiger partial charge in [-0.2, -0.15) is 0 Å². The van der Waals surface area contributed by atoms with Crippen LogP contribution in [0.25, 0.3) is 0 Å². The lowest BCUT2D eigenvalue weighted by Gasteiger charge is -2.20. The minimum absolute atomic E-state index is 0.0935. The molecule has 0 saturated heterocycles. The van der Waals surface area contributed by atoms with Gasteiger partial charge in [0.1, 0.15) is 31.5 Å². The Balaban J connectivity index is 4.95. The molecule has 0 saturated carbocycles. The fraction of sp³-hybridized carbons (Fsp3) is 0.781. The van der Waals surface area contributed by atoms with Crippen LogP contribution in [0.4, 0.5) is 0 Å². The Kier molecular flexibility index (Phi) is 51.1. The van der Waals surface area contributed by atoms with Crippen molar-refractivity contribution in [1.82, 2.24) is 0 Å². The molecular weight excluding hydrogens is 961 g/mol. The van der Waals surface area contributed by atoms with E-state index in [1.165, 1.54) is 76.0 Å². The zero-order valence-electron chi connectivity index (χ0n) is 48.6. The van der Waals surface area contributed by atoms with Gasteiger partial charge in [0.15, 0.2) is 6.10 Å². The standard InChI is InChI=1S/C64H110O12/c1-7-13-16-18-20-21-22-23-24-25-27-33-42-52-64(70)76-58(53-71-62(68)50-40-34-28-31-38-46-55(73-59(65)10-4)45-37-30-26-19-17-14-8-2)54-72-63(69)51-41-35-29-32-39-47-57(75-61(67)12-6)49-43-48-56(44-36-15-9-3)74-60(66)11-5/h10-12,21-22,55-58H,4-9,13-20,23-54H2,1-3H3/b22-21+. The summed E-state index contributed by atoms with van der Waals surface area (Å²) in [5, 5.41) is 0. The van der Waals surface area contributed by atoms with E-state index >= 15 is 0 Å². The maximum Gasteiger partial charge on any atom is 0.330 e. The van der Waals surface area contributed by atoms with E-state index in [1.54, 1.807) is 0 Å². The minimum atomic E-state index is -0.893. The van der Waals surface area contributed by atoms with Gasteiger partial charge in [0.2, 0.25) is 0 Å². The van der Waals surface area contributed by atoms with Crippen LogP contribution in [0.3, 0.4) is 0 Å². The predicted octanol–water partition coefficient (Wildman–Crippen LogP) is 16.9. The molecule has 0 aliphatic carbocycles. The first kappa shape index (κ1) is 71.8. The molecule has 0 amide bonds. The number of carbonyl (C=O) groups excluding carboxylic acids is 6. The van der Waals surface area contributed by atoms with Gasteiger partial charge in [0.25, 0.3) is 0 Å². The summed E-state index contributed by atoms with van der Waals surface area (Å²) in [6.45, 7) is 16.8. The Morgan fingerprint density at radius 3 is 0.961 bits per heavy atom. The average Bonchev–Trinajstić information content (AvgIpc) is 3.41. The molecule has 0 aromatic heterocycles. The van der Waals surface area contributed by atoms with Crippen molar-refractivity contribution in [2.45, 2.75) is 308 Å². The number of allylic oxidation sites excluding steroid dienone is 2. The largest absolute Gasteiger partial charge is 0.462 e. The Bertz CT molecular complexity index is 1520. The second-order valence-corrected chi connectivity index (χ2v) is 20.8. The van der Waals surface area contributed by atoms with Gasteiger partial charge in [-0.3, -0.25) is 14.4 Å². The van der Waals surface area contributed by atoms with Crippen LogP contribution in [-0.2, 0) is 57.2 Å². The van der Waals surface area contributed by atoms with E-state index in [0.717, 1.165) is 148 Å². The van der Waals surface area contributed by atoms with E-state index in [4.69, 9.17) is 28.4 Å². The Labute approximate surface area is 463 Å². The molecule has 0 heterocycles. The van der Waals surface area contributed by atoms with E-state index in [1.807, 2.05) is 0 Å². The van der Waals surface area contributed by atoms with Crippen LogP contribution in [-0.4, -0.2) is 73.4 Å². The molecule has 12 heteroatoms. The van der Waals surface area contributed by atoms with Gasteiger partial charge in [-0.1, -0.05) is 181 Å². The third-order valence-corrected chi connectivity index (χ3v) is 13.8. The number of ether oxygens (including phenoxy) is 6. The second-order valence-electron chi connectivity index (χ2n) is 20.8. The van der Waals surface area contributed by atoms with Gasteiger partial charge in [0, 0.05) is 37.5 Å². The SMILES string of the molecule is C=CC(=O)OC(CCCCCCCCC)CCCCCCCC(=O)OCC(COC(=O)CCCCCCCC(CCCC(CCCCC)OC(=O)C=C)OC(=O)C=C)OC(=O)CCCCCCC/C=C/CCCCCC. The quantitative estimate of drug-likeness (QED) is 0.0187. The zero-order valence-corrected chi connectivity index (χ0v) is 48.6. The molecule has 0 aromatic carbocycles. The average molecular weight is 1070 g/mol. The highest BCUT2D eigenvalue weighted by atomic mass is 16.6. The summed E-state index contributed by atoms with van der Waals surface area (Å²) >= 11 is 0. The maximum absolute atomic E-state index is 12.9. The summed E-state index contributed by atoms with van der Waals surface area (Å²) in [6, 6.07) is 0. The summed E-state index contributed by atoms with van der Waals surface area (Å²) < 4.78 is 33.7. The fourth-order valence-corrected chi connectivity index (χ4v) is 9.15. The van der Waals surface area contributed by atoms with Crippen molar-refractivity contribution in [3.05, 3.63) is 50.1 Å². The zero-order chi connectivity index (χ0) is 56.0. The lowest BCUT2D eigenvalue weighted by atomic mass is 10.00. The molecule has 0 bridgehead atoms. The minimum Gasteiger partial charge on any atom is -0.462 e. The molecule has 4 atom stereocenters. The molecule has 438 valence electrons. The molecule has 0 aromatic rings. The summed E-state index contributed by atoms with van der Waals surface area (Å²) in [5.41, 5.74) is 0. The lowest BCUT2D eigenvalue weighted by molar-refractivity contribution is -0.167. The summed E-state index contributed by atoms with van der Waals surface area (Å²) in [6.07, 6.45) is 45.2. The molecule has 0 N–H and O–H groups in total. The Morgan fingerprint density at radius 2 is 0.592 bits per heavy atom. The van der Waals surface area contributed by atoms with Crippen molar-refractivity contribution in [3.8, 4) is 0 Å². The molecule has 0 aliphatic heterocycles. The number of hydrogen-bond donors (Lipinski definition) is 0. The maximum atomic E-state index is 12.9. The van der Waals surface area contributed by atoms with E-state index < -0.39 is 30.0 Å². The molecule has 0 fully saturated rings. The van der Waals surface area contributed by atoms with Crippen LogP contribution >= 0.6 is 0 Å². The van der Waals surface area contributed by atoms with Gasteiger partial charge in [-0.05, 0) is 116 Å². The first-order chi connectivity index (χ1) is 37.0. The summed E-state index contributed by atoms with van der Waals surface area (Å²) in [5.74, 6) is -2.41. The van der Waals surface area contributed by atoms with Crippen molar-refractivity contribution in [2.24, 2.45) is 0 Å². The van der Waals surface area contributed by atoms with E-state index in [0.29, 0.717) is 38.5 Å². The molecular formula is C64H110O12. The van der Waals surface area contributed by atoms with Crippen molar-refractivity contribution in [3.63, 3.8) is 0 Å². The van der Waals surface area contributed by atoms with Gasteiger partial charge in [0.05, 0.1) is 0 Å². The number of unbranched alkanes of at least 4 members (excludes halogenated alkanes) is 25. The van der Waals surface area contributed by atoms with Gasteiger partial charge >= 0.3 is 35.8 Å². The molecule has 0 spiro atoms. The highest BCUT2D eigenvalue weighted by Crippen LogP contribution is 2.21. The van der Waals surface area contributed by atoms with E-state index in [9.17, 15) is 28.8 Å². The van der Waals surface area contributed by atoms with Crippen molar-refractivity contribution < 1.29 is 57.2 Å². The number of carbonyl (C=O) groups is 6. The first-order valence-corrected chi connectivity index (χ1v) is 30.7. The van der Waals surface area contributed by atoms with Crippen LogP contribution in [0, 0.1) is 0 Å². The first-order valence-electron chi connectivity index (χ1n) is 30.7.